The topological polar surface area (TPSA) is 74.2 Å². The molecule has 7 rings (SSSR count). The number of nitrogens with one attached hydrogen (secondary N) is 1. The zero-order chi connectivity index (χ0) is 28.8. The van der Waals surface area contributed by atoms with Gasteiger partial charge in [0.2, 0.25) is 5.91 Å². The molecule has 10 heteroatoms. The molecule has 3 aliphatic rings. The Kier molecular flexibility index (Phi) is 6.53. The Hall–Kier alpha value is -4.86. The molecule has 0 bridgehead atoms. The molecule has 1 N–H and O–H groups in total. The van der Waals surface area contributed by atoms with Crippen LogP contribution in [-0.2, 0) is 4.79 Å². The molecule has 2 aromatic heterocycles. The molecule has 209 valence electrons. The molecular weight excluding hydrogens is 523 g/mol. The summed E-state index contributed by atoms with van der Waals surface area (Å²) in [5, 5.41) is 11.9. The average Bonchev–Trinajstić information content (AvgIpc) is 3.75. The van der Waals surface area contributed by atoms with Gasteiger partial charge in [0, 0.05) is 55.3 Å². The second kappa shape index (κ2) is 10.5. The minimum absolute atomic E-state index is 0.0814. The highest BCUT2D eigenvalue weighted by Gasteiger charge is 2.40. The van der Waals surface area contributed by atoms with E-state index in [1.165, 1.54) is 32.0 Å². The Labute approximate surface area is 246 Å². The van der Waals surface area contributed by atoms with E-state index in [9.17, 15) is 4.79 Å². The maximum atomic E-state index is 11.6. The van der Waals surface area contributed by atoms with Crippen LogP contribution in [-0.4, -0.2) is 75.3 Å². The number of carbonyl (C=O) groups excluding carboxylic acids is 1. The largest absolute Gasteiger partial charge is 0.553 e. The van der Waals surface area contributed by atoms with Gasteiger partial charge in [-0.25, -0.2) is 4.68 Å². The number of amides is 1. The third kappa shape index (κ3) is 4.62. The van der Waals surface area contributed by atoms with Crippen molar-refractivity contribution in [3.63, 3.8) is 0 Å². The molecule has 0 atom stereocenters. The Balaban J connectivity index is 1.30. The van der Waals surface area contributed by atoms with Gasteiger partial charge >= 0.3 is 7.55 Å². The number of hydrogen-bond donors (Lipinski definition) is 1. The maximum absolute atomic E-state index is 11.6. The van der Waals surface area contributed by atoms with E-state index in [0.29, 0.717) is 0 Å². The van der Waals surface area contributed by atoms with E-state index in [1.54, 1.807) is 0 Å². The first-order valence-corrected chi connectivity index (χ1v) is 14.4. The lowest BCUT2D eigenvalue weighted by Gasteiger charge is -2.27. The van der Waals surface area contributed by atoms with E-state index >= 15 is 0 Å². The highest BCUT2D eigenvalue weighted by molar-refractivity contribution is 6.40. The number of carbonyl (C=O) groups is 1. The van der Waals surface area contributed by atoms with Crippen LogP contribution in [0.15, 0.2) is 84.7 Å². The first-order chi connectivity index (χ1) is 20.5. The molecule has 4 aromatic rings. The van der Waals surface area contributed by atoms with Crippen LogP contribution in [0.2, 0.25) is 0 Å². The molecule has 0 saturated carbocycles. The van der Waals surface area contributed by atoms with Crippen molar-refractivity contribution in [1.82, 2.24) is 24.3 Å². The maximum Gasteiger partial charge on any atom is 0.553 e. The standard InChI is InChI=1S/C32H32BN8O/c1-22(42)34-25-11-7-24(8-12-25)32-28-15-17-30(38-19-5-4-6-20-38)40(28)33-41-29(32)16-18-31(41)39-21-27(35-36-39)23-9-13-26(14-10-23)37(2)3/h7-18,21H,4-6,19-20H2,1-3H3/p+1. The second-order valence-electron chi connectivity index (χ2n) is 11.2. The number of anilines is 2. The third-order valence-corrected chi connectivity index (χ3v) is 8.12. The molecule has 3 aliphatic heterocycles. The van der Waals surface area contributed by atoms with E-state index < -0.39 is 0 Å². The zero-order valence-electron chi connectivity index (χ0n) is 24.2. The number of piperidine rings is 1. The number of hydrogen-bond acceptors (Lipinski definition) is 4. The first kappa shape index (κ1) is 26.1. The van der Waals surface area contributed by atoms with E-state index in [4.69, 9.17) is 0 Å². The smallest absolute Gasteiger partial charge is 0.378 e. The highest BCUT2D eigenvalue weighted by atomic mass is 16.1. The van der Waals surface area contributed by atoms with Gasteiger partial charge in [-0.05, 0) is 67.3 Å². The fraction of sp³-hybridized carbons (Fsp3) is 0.250. The van der Waals surface area contributed by atoms with E-state index in [2.05, 4.69) is 103 Å². The summed E-state index contributed by atoms with van der Waals surface area (Å²) in [5.74, 6) is 2.02. The molecule has 2 aromatic carbocycles. The van der Waals surface area contributed by atoms with Gasteiger partial charge in [0.15, 0.2) is 0 Å². The summed E-state index contributed by atoms with van der Waals surface area (Å²) in [4.78, 5) is 16.0. The number of benzene rings is 2. The van der Waals surface area contributed by atoms with Gasteiger partial charge in [0.1, 0.15) is 17.2 Å². The van der Waals surface area contributed by atoms with Crippen molar-refractivity contribution in [2.45, 2.75) is 26.2 Å². The van der Waals surface area contributed by atoms with Crippen LogP contribution in [0.5, 0.6) is 0 Å². The Bertz CT molecular complexity index is 1750. The summed E-state index contributed by atoms with van der Waals surface area (Å²) in [7, 11) is 6.24. The van der Waals surface area contributed by atoms with Gasteiger partial charge in [-0.15, -0.1) is 5.10 Å². The minimum Gasteiger partial charge on any atom is -0.378 e. The molecule has 0 unspecified atom stereocenters. The summed E-state index contributed by atoms with van der Waals surface area (Å²) in [6, 6.07) is 20.7. The number of nitrogens with zero attached hydrogens (tertiary/aromatic N) is 7. The van der Waals surface area contributed by atoms with Crippen molar-refractivity contribution in [1.29, 1.82) is 0 Å². The molecule has 42 heavy (non-hydrogen) atoms. The Morgan fingerprint density at radius 3 is 2.38 bits per heavy atom. The number of allylic oxidation sites excluding steroid dienone is 1. The summed E-state index contributed by atoms with van der Waals surface area (Å²) in [6.45, 7) is 3.64. The SMILES string of the molecule is CC(=O)Nc1ccc(C2=C3C=CC(=[N+]4CCCCC4)N3[B]n3c2ccc3-n2cc(-c3ccc(N(C)C)cc3)nn2)cc1. The monoisotopic (exact) mass is 556 g/mol. The highest BCUT2D eigenvalue weighted by Crippen LogP contribution is 2.37. The molecule has 0 aliphatic carbocycles. The van der Waals surface area contributed by atoms with Gasteiger partial charge in [0.05, 0.1) is 19.3 Å². The summed E-state index contributed by atoms with van der Waals surface area (Å²) in [5.41, 5.74) is 8.17. The Morgan fingerprint density at radius 2 is 1.67 bits per heavy atom. The predicted octanol–water partition coefficient (Wildman–Crippen LogP) is 4.38. The molecule has 9 nitrogen and oxygen atoms in total. The van der Waals surface area contributed by atoms with Crippen LogP contribution < -0.4 is 10.2 Å². The Morgan fingerprint density at radius 1 is 0.929 bits per heavy atom. The lowest BCUT2D eigenvalue weighted by Crippen LogP contribution is -2.43. The van der Waals surface area contributed by atoms with Gasteiger partial charge in [-0.1, -0.05) is 29.5 Å². The van der Waals surface area contributed by atoms with Crippen LogP contribution in [0.3, 0.4) is 0 Å². The fourth-order valence-corrected chi connectivity index (χ4v) is 6.00. The molecule has 5 heterocycles. The van der Waals surface area contributed by atoms with Gasteiger partial charge in [-0.3, -0.25) is 14.2 Å². The van der Waals surface area contributed by atoms with Crippen LogP contribution in [0.25, 0.3) is 22.6 Å². The molecule has 0 spiro atoms. The van der Waals surface area contributed by atoms with Crippen LogP contribution in [0.4, 0.5) is 11.4 Å². The molecule has 1 saturated heterocycles. The number of aromatic nitrogens is 4. The number of rotatable bonds is 5. The molecule has 1 radical (unpaired) electrons. The van der Waals surface area contributed by atoms with Gasteiger partial charge in [0.25, 0.3) is 5.84 Å². The van der Waals surface area contributed by atoms with Crippen molar-refractivity contribution in [2.75, 3.05) is 37.4 Å². The molecule has 1 fully saturated rings. The van der Waals surface area contributed by atoms with Gasteiger partial charge in [-0.2, -0.15) is 0 Å². The average molecular weight is 556 g/mol. The minimum atomic E-state index is -0.0814. The van der Waals surface area contributed by atoms with Crippen LogP contribution in [0.1, 0.15) is 37.4 Å². The molecular formula is C32H33BN8O+. The fourth-order valence-electron chi connectivity index (χ4n) is 6.00. The van der Waals surface area contributed by atoms with E-state index in [1.807, 2.05) is 37.1 Å². The number of fused-ring (bicyclic) bond motifs is 2. The lowest BCUT2D eigenvalue weighted by molar-refractivity contribution is -0.539. The molecule has 1 amide bonds. The summed E-state index contributed by atoms with van der Waals surface area (Å²) in [6.07, 6.45) is 10.1. The third-order valence-electron chi connectivity index (χ3n) is 8.12. The van der Waals surface area contributed by atoms with Crippen molar-refractivity contribution < 1.29 is 9.37 Å². The second-order valence-corrected chi connectivity index (χ2v) is 11.2. The first-order valence-electron chi connectivity index (χ1n) is 14.4. The predicted molar refractivity (Wildman–Crippen MR) is 167 cm³/mol. The van der Waals surface area contributed by atoms with E-state index in [0.717, 1.165) is 64.1 Å². The number of amidine groups is 1. The van der Waals surface area contributed by atoms with Crippen molar-refractivity contribution >= 4 is 36.2 Å². The van der Waals surface area contributed by atoms with Crippen LogP contribution >= 0.6 is 0 Å². The van der Waals surface area contributed by atoms with Crippen LogP contribution in [0, 0.1) is 0 Å². The normalized spacial score (nSPS) is 15.9. The van der Waals surface area contributed by atoms with Gasteiger partial charge < -0.3 is 14.7 Å². The quantitative estimate of drug-likeness (QED) is 0.292. The zero-order valence-corrected chi connectivity index (χ0v) is 24.2. The van der Waals surface area contributed by atoms with Crippen molar-refractivity contribution in [2.24, 2.45) is 0 Å². The van der Waals surface area contributed by atoms with Crippen molar-refractivity contribution in [3.05, 3.63) is 96.0 Å². The lowest BCUT2D eigenvalue weighted by atomic mass is 9.91. The summed E-state index contributed by atoms with van der Waals surface area (Å²) < 4.78 is 6.53. The van der Waals surface area contributed by atoms with Crippen molar-refractivity contribution in [3.8, 4) is 17.1 Å². The summed E-state index contributed by atoms with van der Waals surface area (Å²) >= 11 is 0. The van der Waals surface area contributed by atoms with E-state index in [-0.39, 0.29) is 5.91 Å².